The Bertz CT molecular complexity index is 239. The Labute approximate surface area is 111 Å². The summed E-state index contributed by atoms with van der Waals surface area (Å²) < 4.78 is 10.9. The minimum atomic E-state index is -0.125. The number of carbonyl (C=O) groups excluding carboxylic acids is 1. The van der Waals surface area contributed by atoms with Crippen molar-refractivity contribution in [2.24, 2.45) is 0 Å². The molecule has 0 aliphatic carbocycles. The Morgan fingerprint density at radius 3 is 2.78 bits per heavy atom. The molecule has 0 N–H and O–H groups in total. The Morgan fingerprint density at radius 2 is 2.22 bits per heavy atom. The molecule has 1 fully saturated rings. The molecule has 0 amide bonds. The molecular weight excluding hydrogens is 230 g/mol. The quantitative estimate of drug-likeness (QED) is 0.656. The Kier molecular flexibility index (Phi) is 7.28. The van der Waals surface area contributed by atoms with Gasteiger partial charge in [-0.3, -0.25) is 9.69 Å². The van der Waals surface area contributed by atoms with Gasteiger partial charge >= 0.3 is 5.97 Å². The number of ether oxygens (including phenoxy) is 2. The number of nitrogens with zero attached hydrogens (tertiary/aromatic N) is 1. The summed E-state index contributed by atoms with van der Waals surface area (Å²) in [6.07, 6.45) is 5.61. The lowest BCUT2D eigenvalue weighted by Gasteiger charge is -2.31. The standard InChI is InChI=1S/C14H27NO3/c1-4-8-13(14(16)17-5-2)15(3)11-12-9-6-7-10-18-12/h12-13H,4-11H2,1-3H3. The molecule has 1 heterocycles. The van der Waals surface area contributed by atoms with Crippen LogP contribution in [0.1, 0.15) is 46.0 Å². The van der Waals surface area contributed by atoms with Crippen LogP contribution in [0, 0.1) is 0 Å². The monoisotopic (exact) mass is 257 g/mol. The zero-order valence-corrected chi connectivity index (χ0v) is 12.0. The highest BCUT2D eigenvalue weighted by Crippen LogP contribution is 2.16. The van der Waals surface area contributed by atoms with E-state index in [1.807, 2.05) is 14.0 Å². The van der Waals surface area contributed by atoms with Gasteiger partial charge in [-0.05, 0) is 39.7 Å². The molecule has 0 saturated carbocycles. The predicted octanol–water partition coefficient (Wildman–Crippen LogP) is 2.22. The van der Waals surface area contributed by atoms with E-state index in [9.17, 15) is 4.79 Å². The van der Waals surface area contributed by atoms with Gasteiger partial charge in [0.15, 0.2) is 0 Å². The highest BCUT2D eigenvalue weighted by atomic mass is 16.5. The molecule has 1 aliphatic heterocycles. The molecule has 2 atom stereocenters. The summed E-state index contributed by atoms with van der Waals surface area (Å²) in [5.74, 6) is -0.0994. The molecule has 106 valence electrons. The van der Waals surface area contributed by atoms with Gasteiger partial charge in [0.1, 0.15) is 6.04 Å². The SMILES string of the molecule is CCCC(C(=O)OCC)N(C)CC1CCCCO1. The van der Waals surface area contributed by atoms with Crippen molar-refractivity contribution in [3.05, 3.63) is 0 Å². The van der Waals surface area contributed by atoms with Crippen molar-refractivity contribution in [1.82, 2.24) is 4.90 Å². The van der Waals surface area contributed by atoms with Crippen LogP contribution < -0.4 is 0 Å². The summed E-state index contributed by atoms with van der Waals surface area (Å²) in [5.41, 5.74) is 0. The third-order valence-electron chi connectivity index (χ3n) is 3.42. The summed E-state index contributed by atoms with van der Waals surface area (Å²) in [6.45, 7) is 6.08. The highest BCUT2D eigenvalue weighted by molar-refractivity contribution is 5.75. The maximum absolute atomic E-state index is 11.9. The largest absolute Gasteiger partial charge is 0.465 e. The third kappa shape index (κ3) is 4.94. The van der Waals surface area contributed by atoms with Crippen molar-refractivity contribution >= 4 is 5.97 Å². The highest BCUT2D eigenvalue weighted by Gasteiger charge is 2.26. The third-order valence-corrected chi connectivity index (χ3v) is 3.42. The van der Waals surface area contributed by atoms with Crippen molar-refractivity contribution in [3.63, 3.8) is 0 Å². The predicted molar refractivity (Wildman–Crippen MR) is 71.6 cm³/mol. The van der Waals surface area contributed by atoms with E-state index in [1.54, 1.807) is 0 Å². The van der Waals surface area contributed by atoms with Crippen molar-refractivity contribution in [1.29, 1.82) is 0 Å². The molecule has 1 aliphatic rings. The van der Waals surface area contributed by atoms with E-state index in [0.717, 1.165) is 38.8 Å². The van der Waals surface area contributed by atoms with Crippen molar-refractivity contribution in [2.45, 2.75) is 58.1 Å². The summed E-state index contributed by atoms with van der Waals surface area (Å²) in [7, 11) is 2.00. The van der Waals surface area contributed by atoms with E-state index in [2.05, 4.69) is 11.8 Å². The average Bonchev–Trinajstić information content (AvgIpc) is 2.37. The maximum atomic E-state index is 11.9. The zero-order valence-electron chi connectivity index (χ0n) is 12.0. The van der Waals surface area contributed by atoms with Gasteiger partial charge in [-0.2, -0.15) is 0 Å². The van der Waals surface area contributed by atoms with Crippen LogP contribution in [0.3, 0.4) is 0 Å². The summed E-state index contributed by atoms with van der Waals surface area (Å²) in [6, 6.07) is -0.125. The molecule has 0 aromatic carbocycles. The number of likely N-dealkylation sites (N-methyl/N-ethyl adjacent to an activating group) is 1. The van der Waals surface area contributed by atoms with Crippen LogP contribution in [0.5, 0.6) is 0 Å². The fraction of sp³-hybridized carbons (Fsp3) is 0.929. The summed E-state index contributed by atoms with van der Waals surface area (Å²) >= 11 is 0. The van der Waals surface area contributed by atoms with E-state index in [-0.39, 0.29) is 18.1 Å². The molecule has 0 aromatic rings. The Morgan fingerprint density at radius 1 is 1.44 bits per heavy atom. The molecule has 4 heteroatoms. The molecule has 0 radical (unpaired) electrons. The maximum Gasteiger partial charge on any atom is 0.323 e. The molecule has 0 spiro atoms. The Balaban J connectivity index is 2.46. The number of carbonyl (C=O) groups is 1. The van der Waals surface area contributed by atoms with Crippen molar-refractivity contribution in [2.75, 3.05) is 26.8 Å². The fourth-order valence-corrected chi connectivity index (χ4v) is 2.43. The second-order valence-electron chi connectivity index (χ2n) is 4.98. The molecule has 2 unspecified atom stereocenters. The number of esters is 1. The minimum Gasteiger partial charge on any atom is -0.465 e. The first-order valence-electron chi connectivity index (χ1n) is 7.17. The number of rotatable bonds is 7. The van der Waals surface area contributed by atoms with Gasteiger partial charge in [0.25, 0.3) is 0 Å². The van der Waals surface area contributed by atoms with Crippen LogP contribution in [0.15, 0.2) is 0 Å². The minimum absolute atomic E-state index is 0.0994. The van der Waals surface area contributed by atoms with Gasteiger partial charge in [-0.1, -0.05) is 13.3 Å². The second-order valence-corrected chi connectivity index (χ2v) is 4.98. The number of hydrogen-bond acceptors (Lipinski definition) is 4. The van der Waals surface area contributed by atoms with Gasteiger partial charge in [0, 0.05) is 13.2 Å². The Hall–Kier alpha value is -0.610. The van der Waals surface area contributed by atoms with Crippen LogP contribution in [-0.2, 0) is 14.3 Å². The van der Waals surface area contributed by atoms with Crippen LogP contribution >= 0.6 is 0 Å². The van der Waals surface area contributed by atoms with Gasteiger partial charge in [-0.25, -0.2) is 0 Å². The number of hydrogen-bond donors (Lipinski definition) is 0. The normalized spacial score (nSPS) is 21.9. The lowest BCUT2D eigenvalue weighted by molar-refractivity contribution is -0.150. The molecule has 1 saturated heterocycles. The zero-order chi connectivity index (χ0) is 13.4. The first kappa shape index (κ1) is 15.4. The topological polar surface area (TPSA) is 38.8 Å². The average molecular weight is 257 g/mol. The van der Waals surface area contributed by atoms with Gasteiger partial charge < -0.3 is 9.47 Å². The molecule has 0 bridgehead atoms. The first-order valence-corrected chi connectivity index (χ1v) is 7.17. The van der Waals surface area contributed by atoms with Crippen molar-refractivity contribution in [3.8, 4) is 0 Å². The fourth-order valence-electron chi connectivity index (χ4n) is 2.43. The van der Waals surface area contributed by atoms with Crippen LogP contribution in [0.4, 0.5) is 0 Å². The molecule has 4 nitrogen and oxygen atoms in total. The molecule has 18 heavy (non-hydrogen) atoms. The molecule has 1 rings (SSSR count). The summed E-state index contributed by atoms with van der Waals surface area (Å²) in [5, 5.41) is 0. The van der Waals surface area contributed by atoms with Crippen LogP contribution in [-0.4, -0.2) is 49.8 Å². The molecule has 0 aromatic heterocycles. The molecular formula is C14H27NO3. The van der Waals surface area contributed by atoms with Crippen molar-refractivity contribution < 1.29 is 14.3 Å². The van der Waals surface area contributed by atoms with Crippen LogP contribution in [0.25, 0.3) is 0 Å². The van der Waals surface area contributed by atoms with E-state index in [0.29, 0.717) is 6.61 Å². The van der Waals surface area contributed by atoms with E-state index >= 15 is 0 Å². The van der Waals surface area contributed by atoms with Crippen LogP contribution in [0.2, 0.25) is 0 Å². The lowest BCUT2D eigenvalue weighted by Crippen LogP contribution is -2.44. The first-order chi connectivity index (χ1) is 8.69. The van der Waals surface area contributed by atoms with Gasteiger partial charge in [0.2, 0.25) is 0 Å². The second kappa shape index (κ2) is 8.48. The van der Waals surface area contributed by atoms with Gasteiger partial charge in [-0.15, -0.1) is 0 Å². The van der Waals surface area contributed by atoms with E-state index < -0.39 is 0 Å². The van der Waals surface area contributed by atoms with E-state index in [1.165, 1.54) is 6.42 Å². The smallest absolute Gasteiger partial charge is 0.323 e. The summed E-state index contributed by atoms with van der Waals surface area (Å²) in [4.78, 5) is 14.0. The van der Waals surface area contributed by atoms with Gasteiger partial charge in [0.05, 0.1) is 12.7 Å². The lowest BCUT2D eigenvalue weighted by atomic mass is 10.1. The van der Waals surface area contributed by atoms with E-state index in [4.69, 9.17) is 9.47 Å².